The minimum Gasteiger partial charge on any atom is -0.376 e. The van der Waals surface area contributed by atoms with Crippen LogP contribution in [0.15, 0.2) is 42.5 Å². The third-order valence-corrected chi connectivity index (χ3v) is 4.43. The number of nitrogens with zero attached hydrogens (tertiary/aromatic N) is 2. The first-order valence-electron chi connectivity index (χ1n) is 8.61. The maximum Gasteiger partial charge on any atom is 0.243 e. The lowest BCUT2D eigenvalue weighted by Gasteiger charge is -2.20. The van der Waals surface area contributed by atoms with Crippen LogP contribution < -0.4 is 10.6 Å². The Morgan fingerprint density at radius 2 is 1.92 bits per heavy atom. The van der Waals surface area contributed by atoms with Gasteiger partial charge in [0.05, 0.1) is 17.1 Å². The van der Waals surface area contributed by atoms with Gasteiger partial charge in [0.2, 0.25) is 5.91 Å². The highest BCUT2D eigenvalue weighted by Gasteiger charge is 2.09. The fourth-order valence-electron chi connectivity index (χ4n) is 2.58. The van der Waals surface area contributed by atoms with Crippen molar-refractivity contribution in [1.82, 2.24) is 4.90 Å². The van der Waals surface area contributed by atoms with E-state index >= 15 is 0 Å². The average molecular weight is 371 g/mol. The van der Waals surface area contributed by atoms with Crippen LogP contribution in [0.5, 0.6) is 0 Å². The van der Waals surface area contributed by atoms with Crippen molar-refractivity contribution in [2.45, 2.75) is 20.4 Å². The molecule has 0 atom stereocenters. The van der Waals surface area contributed by atoms with Crippen LogP contribution in [0, 0.1) is 11.3 Å². The van der Waals surface area contributed by atoms with Crippen molar-refractivity contribution in [2.24, 2.45) is 0 Å². The third-order valence-electron chi connectivity index (χ3n) is 4.12. The van der Waals surface area contributed by atoms with Gasteiger partial charge in [-0.1, -0.05) is 43.6 Å². The summed E-state index contributed by atoms with van der Waals surface area (Å²) in [6, 6.07) is 14.8. The van der Waals surface area contributed by atoms with E-state index in [-0.39, 0.29) is 12.5 Å². The van der Waals surface area contributed by atoms with Gasteiger partial charge in [-0.05, 0) is 42.9 Å². The lowest BCUT2D eigenvalue weighted by Crippen LogP contribution is -2.25. The molecule has 0 saturated heterocycles. The molecule has 0 aliphatic heterocycles. The zero-order valence-corrected chi connectivity index (χ0v) is 15.8. The van der Waals surface area contributed by atoms with Gasteiger partial charge in [-0.3, -0.25) is 9.69 Å². The quantitative estimate of drug-likeness (QED) is 0.733. The van der Waals surface area contributed by atoms with E-state index in [4.69, 9.17) is 16.9 Å². The van der Waals surface area contributed by atoms with E-state index < -0.39 is 0 Å². The summed E-state index contributed by atoms with van der Waals surface area (Å²) in [4.78, 5) is 14.5. The number of nitrogens with one attached hydrogen (secondary N) is 2. The van der Waals surface area contributed by atoms with Crippen molar-refractivity contribution < 1.29 is 4.79 Å². The second-order valence-corrected chi connectivity index (χ2v) is 6.23. The van der Waals surface area contributed by atoms with E-state index in [2.05, 4.69) is 35.4 Å². The molecule has 2 aromatic rings. The van der Waals surface area contributed by atoms with Gasteiger partial charge >= 0.3 is 0 Å². The maximum absolute atomic E-state index is 12.2. The summed E-state index contributed by atoms with van der Waals surface area (Å²) >= 11 is 5.99. The summed E-state index contributed by atoms with van der Waals surface area (Å²) in [5.74, 6) is -0.177. The van der Waals surface area contributed by atoms with Crippen LogP contribution in [-0.2, 0) is 11.3 Å². The number of para-hydroxylation sites is 1. The Morgan fingerprint density at radius 1 is 1.19 bits per heavy atom. The van der Waals surface area contributed by atoms with E-state index in [1.807, 2.05) is 24.3 Å². The largest absolute Gasteiger partial charge is 0.376 e. The zero-order valence-electron chi connectivity index (χ0n) is 15.1. The molecule has 0 unspecified atom stereocenters. The van der Waals surface area contributed by atoms with Gasteiger partial charge in [0, 0.05) is 17.9 Å². The Labute approximate surface area is 159 Å². The second-order valence-electron chi connectivity index (χ2n) is 5.83. The molecule has 2 rings (SSSR count). The molecular weight excluding hydrogens is 348 g/mol. The van der Waals surface area contributed by atoms with E-state index in [9.17, 15) is 4.79 Å². The van der Waals surface area contributed by atoms with Crippen LogP contribution in [0.2, 0.25) is 5.02 Å². The third kappa shape index (κ3) is 5.48. The molecule has 2 N–H and O–H groups in total. The molecule has 0 aromatic heterocycles. The standard InChI is InChI=1S/C20H23ClN4O/c1-3-25(4-2)14-16-7-5-6-8-19(16)23-13-20(26)24-17-10-9-15(12-22)18(21)11-17/h5-11,23H,3-4,13-14H2,1-2H3,(H,24,26). The highest BCUT2D eigenvalue weighted by Crippen LogP contribution is 2.20. The Hall–Kier alpha value is -2.55. The highest BCUT2D eigenvalue weighted by atomic mass is 35.5. The number of rotatable bonds is 8. The normalized spacial score (nSPS) is 10.4. The zero-order chi connectivity index (χ0) is 18.9. The minimum atomic E-state index is -0.177. The van der Waals surface area contributed by atoms with Crippen LogP contribution in [0.1, 0.15) is 25.0 Å². The molecule has 0 heterocycles. The molecule has 1 amide bonds. The molecule has 6 heteroatoms. The smallest absolute Gasteiger partial charge is 0.243 e. The molecule has 5 nitrogen and oxygen atoms in total. The predicted molar refractivity (Wildman–Crippen MR) is 106 cm³/mol. The summed E-state index contributed by atoms with van der Waals surface area (Å²) in [5.41, 5.74) is 3.06. The summed E-state index contributed by atoms with van der Waals surface area (Å²) in [7, 11) is 0. The number of amides is 1. The Morgan fingerprint density at radius 3 is 2.58 bits per heavy atom. The van der Waals surface area contributed by atoms with Gasteiger partial charge in [0.25, 0.3) is 0 Å². The summed E-state index contributed by atoms with van der Waals surface area (Å²) < 4.78 is 0. The van der Waals surface area contributed by atoms with Gasteiger partial charge in [-0.25, -0.2) is 0 Å². The van der Waals surface area contributed by atoms with Crippen LogP contribution in [0.3, 0.4) is 0 Å². The predicted octanol–water partition coefficient (Wildman–Crippen LogP) is 4.10. The fourth-order valence-corrected chi connectivity index (χ4v) is 2.81. The van der Waals surface area contributed by atoms with Crippen molar-refractivity contribution in [1.29, 1.82) is 5.26 Å². The van der Waals surface area contributed by atoms with E-state index in [1.54, 1.807) is 18.2 Å². The number of carbonyl (C=O) groups is 1. The first-order valence-corrected chi connectivity index (χ1v) is 8.98. The van der Waals surface area contributed by atoms with Crippen molar-refractivity contribution in [3.05, 3.63) is 58.6 Å². The first kappa shape index (κ1) is 19.8. The molecule has 0 spiro atoms. The number of hydrogen-bond acceptors (Lipinski definition) is 4. The lowest BCUT2D eigenvalue weighted by atomic mass is 10.1. The van der Waals surface area contributed by atoms with E-state index in [1.165, 1.54) is 0 Å². The molecule has 2 aromatic carbocycles. The first-order chi connectivity index (χ1) is 12.6. The molecule has 0 bridgehead atoms. The van der Waals surface area contributed by atoms with Crippen LogP contribution in [0.4, 0.5) is 11.4 Å². The molecule has 0 fully saturated rings. The molecular formula is C20H23ClN4O. The molecule has 0 saturated carbocycles. The van der Waals surface area contributed by atoms with Gasteiger partial charge in [0.15, 0.2) is 0 Å². The topological polar surface area (TPSA) is 68.2 Å². The number of anilines is 2. The number of hydrogen-bond donors (Lipinski definition) is 2. The van der Waals surface area contributed by atoms with Crippen molar-refractivity contribution >= 4 is 28.9 Å². The molecule has 0 aliphatic carbocycles. The number of benzene rings is 2. The van der Waals surface area contributed by atoms with Crippen molar-refractivity contribution in [2.75, 3.05) is 30.3 Å². The van der Waals surface area contributed by atoms with Crippen molar-refractivity contribution in [3.8, 4) is 6.07 Å². The minimum absolute atomic E-state index is 0.146. The Bertz CT molecular complexity index is 797. The number of nitriles is 1. The van der Waals surface area contributed by atoms with Gasteiger partial charge in [-0.2, -0.15) is 5.26 Å². The maximum atomic E-state index is 12.2. The number of carbonyl (C=O) groups excluding carboxylic acids is 1. The Kier molecular flexibility index (Phi) is 7.46. The van der Waals surface area contributed by atoms with E-state index in [0.29, 0.717) is 16.3 Å². The van der Waals surface area contributed by atoms with Crippen molar-refractivity contribution in [3.63, 3.8) is 0 Å². The number of halogens is 1. The molecule has 136 valence electrons. The van der Waals surface area contributed by atoms with Gasteiger partial charge in [0.1, 0.15) is 6.07 Å². The SMILES string of the molecule is CCN(CC)Cc1ccccc1NCC(=O)Nc1ccc(C#N)c(Cl)c1. The molecule has 0 radical (unpaired) electrons. The van der Waals surface area contributed by atoms with E-state index in [0.717, 1.165) is 30.9 Å². The van der Waals surface area contributed by atoms with Crippen LogP contribution in [0.25, 0.3) is 0 Å². The lowest BCUT2D eigenvalue weighted by molar-refractivity contribution is -0.114. The summed E-state index contributed by atoms with van der Waals surface area (Å²) in [5, 5.41) is 15.2. The van der Waals surface area contributed by atoms with Crippen LogP contribution >= 0.6 is 11.6 Å². The average Bonchev–Trinajstić information content (AvgIpc) is 2.65. The van der Waals surface area contributed by atoms with Gasteiger partial charge < -0.3 is 10.6 Å². The monoisotopic (exact) mass is 370 g/mol. The molecule has 0 aliphatic rings. The van der Waals surface area contributed by atoms with Crippen LogP contribution in [-0.4, -0.2) is 30.4 Å². The Balaban J connectivity index is 1.97. The second kappa shape index (κ2) is 9.81. The molecule has 26 heavy (non-hydrogen) atoms. The fraction of sp³-hybridized carbons (Fsp3) is 0.300. The highest BCUT2D eigenvalue weighted by molar-refractivity contribution is 6.32. The summed E-state index contributed by atoms with van der Waals surface area (Å²) in [6.07, 6.45) is 0. The summed E-state index contributed by atoms with van der Waals surface area (Å²) in [6.45, 7) is 7.21. The van der Waals surface area contributed by atoms with Gasteiger partial charge in [-0.15, -0.1) is 0 Å².